The van der Waals surface area contributed by atoms with E-state index in [-0.39, 0.29) is 5.92 Å². The van der Waals surface area contributed by atoms with Gasteiger partial charge in [-0.25, -0.2) is 0 Å². The highest BCUT2D eigenvalue weighted by Crippen LogP contribution is 2.44. The number of hydrogen-bond acceptors (Lipinski definition) is 3. The van der Waals surface area contributed by atoms with Crippen molar-refractivity contribution in [3.63, 3.8) is 0 Å². The third kappa shape index (κ3) is 3.15. The second kappa shape index (κ2) is 6.15. The minimum Gasteiger partial charge on any atom is -0.497 e. The summed E-state index contributed by atoms with van der Waals surface area (Å²) in [7, 11) is 5.82. The van der Waals surface area contributed by atoms with Crippen LogP contribution in [0.3, 0.4) is 0 Å². The van der Waals surface area contributed by atoms with Gasteiger partial charge in [0.05, 0.1) is 12.7 Å². The Morgan fingerprint density at radius 1 is 1.35 bits per heavy atom. The van der Waals surface area contributed by atoms with E-state index in [9.17, 15) is 5.11 Å². The minimum atomic E-state index is -0.740. The topological polar surface area (TPSA) is 32.7 Å². The summed E-state index contributed by atoms with van der Waals surface area (Å²) in [6.45, 7) is 3.15. The fourth-order valence-electron chi connectivity index (χ4n) is 3.45. The number of aliphatic hydroxyl groups is 1. The van der Waals surface area contributed by atoms with Crippen molar-refractivity contribution >= 4 is 0 Å². The first kappa shape index (κ1) is 15.3. The lowest BCUT2D eigenvalue weighted by atomic mass is 9.68. The molecule has 1 N–H and O–H groups in total. The summed E-state index contributed by atoms with van der Waals surface area (Å²) in [6, 6.07) is 7.92. The third-order valence-corrected chi connectivity index (χ3v) is 4.50. The van der Waals surface area contributed by atoms with E-state index in [0.717, 1.165) is 30.7 Å². The smallest absolute Gasteiger partial charge is 0.119 e. The van der Waals surface area contributed by atoms with Gasteiger partial charge in [-0.1, -0.05) is 25.5 Å². The van der Waals surface area contributed by atoms with Gasteiger partial charge in [-0.3, -0.25) is 0 Å². The van der Waals surface area contributed by atoms with Crippen LogP contribution in [0.15, 0.2) is 24.3 Å². The molecule has 3 heteroatoms. The molecule has 1 saturated carbocycles. The summed E-state index contributed by atoms with van der Waals surface area (Å²) >= 11 is 0. The Hall–Kier alpha value is -1.06. The van der Waals surface area contributed by atoms with Gasteiger partial charge in [0.25, 0.3) is 0 Å². The second-order valence-electron chi connectivity index (χ2n) is 6.50. The molecule has 1 aromatic carbocycles. The largest absolute Gasteiger partial charge is 0.497 e. The van der Waals surface area contributed by atoms with Gasteiger partial charge in [0, 0.05) is 12.5 Å². The van der Waals surface area contributed by atoms with Crippen molar-refractivity contribution in [3.8, 4) is 5.75 Å². The number of methoxy groups -OCH3 is 1. The van der Waals surface area contributed by atoms with E-state index in [1.54, 1.807) is 7.11 Å². The van der Waals surface area contributed by atoms with E-state index < -0.39 is 5.60 Å². The molecule has 0 amide bonds. The number of hydrogen-bond donors (Lipinski definition) is 1. The summed E-state index contributed by atoms with van der Waals surface area (Å²) in [6.07, 6.45) is 3.11. The quantitative estimate of drug-likeness (QED) is 0.918. The van der Waals surface area contributed by atoms with Gasteiger partial charge < -0.3 is 14.7 Å². The van der Waals surface area contributed by atoms with E-state index in [1.807, 2.05) is 24.3 Å². The third-order valence-electron chi connectivity index (χ3n) is 4.50. The van der Waals surface area contributed by atoms with Gasteiger partial charge in [0.1, 0.15) is 5.75 Å². The predicted octanol–water partition coefficient (Wildman–Crippen LogP) is 2.88. The standard InChI is InChI=1S/C17H27NO2/c1-13-8-9-15(12-18(2)3)17(19,11-13)14-6-5-7-16(10-14)20-4/h5-7,10,13,15,19H,8-9,11-12H2,1-4H3. The molecule has 1 fully saturated rings. The van der Waals surface area contributed by atoms with Crippen LogP contribution in [-0.2, 0) is 5.60 Å². The molecule has 0 spiro atoms. The average molecular weight is 277 g/mol. The first-order valence-corrected chi connectivity index (χ1v) is 7.47. The predicted molar refractivity (Wildman–Crippen MR) is 81.9 cm³/mol. The van der Waals surface area contributed by atoms with E-state index in [2.05, 4.69) is 25.9 Å². The molecule has 0 aromatic heterocycles. The van der Waals surface area contributed by atoms with Crippen molar-refractivity contribution in [2.75, 3.05) is 27.7 Å². The SMILES string of the molecule is COc1cccc(C2(O)CC(C)CCC2CN(C)C)c1. The molecule has 1 aliphatic rings. The van der Waals surface area contributed by atoms with Crippen LogP contribution in [-0.4, -0.2) is 37.8 Å². The Bertz CT molecular complexity index is 446. The molecule has 2 rings (SSSR count). The van der Waals surface area contributed by atoms with Crippen molar-refractivity contribution in [2.24, 2.45) is 11.8 Å². The van der Waals surface area contributed by atoms with Crippen molar-refractivity contribution < 1.29 is 9.84 Å². The van der Waals surface area contributed by atoms with Crippen LogP contribution in [0, 0.1) is 11.8 Å². The summed E-state index contributed by atoms with van der Waals surface area (Å²) < 4.78 is 5.31. The molecule has 0 saturated heterocycles. The first-order chi connectivity index (χ1) is 9.45. The van der Waals surface area contributed by atoms with E-state index in [4.69, 9.17) is 4.74 Å². The highest BCUT2D eigenvalue weighted by molar-refractivity contribution is 5.33. The van der Waals surface area contributed by atoms with Gasteiger partial charge in [0.15, 0.2) is 0 Å². The van der Waals surface area contributed by atoms with Gasteiger partial charge in [-0.2, -0.15) is 0 Å². The lowest BCUT2D eigenvalue weighted by molar-refractivity contribution is -0.0766. The van der Waals surface area contributed by atoms with Gasteiger partial charge in [-0.05, 0) is 50.6 Å². The van der Waals surface area contributed by atoms with E-state index >= 15 is 0 Å². The molecule has 0 radical (unpaired) electrons. The van der Waals surface area contributed by atoms with Crippen LogP contribution in [0.1, 0.15) is 31.7 Å². The lowest BCUT2D eigenvalue weighted by Gasteiger charge is -2.44. The maximum atomic E-state index is 11.4. The molecular formula is C17H27NO2. The monoisotopic (exact) mass is 277 g/mol. The highest BCUT2D eigenvalue weighted by Gasteiger charge is 2.42. The summed E-state index contributed by atoms with van der Waals surface area (Å²) in [5.74, 6) is 1.66. The zero-order valence-corrected chi connectivity index (χ0v) is 13.1. The van der Waals surface area contributed by atoms with Crippen LogP contribution in [0.2, 0.25) is 0 Å². The van der Waals surface area contributed by atoms with Crippen LogP contribution in [0.4, 0.5) is 0 Å². The molecule has 20 heavy (non-hydrogen) atoms. The molecule has 0 bridgehead atoms. The molecule has 3 atom stereocenters. The molecule has 112 valence electrons. The average Bonchev–Trinajstić information content (AvgIpc) is 2.42. The zero-order chi connectivity index (χ0) is 14.8. The number of rotatable bonds is 4. The molecule has 1 aliphatic carbocycles. The van der Waals surface area contributed by atoms with Gasteiger partial charge in [-0.15, -0.1) is 0 Å². The van der Waals surface area contributed by atoms with Crippen molar-refractivity contribution in [1.29, 1.82) is 0 Å². The molecule has 1 aromatic rings. The number of benzene rings is 1. The number of nitrogens with zero attached hydrogens (tertiary/aromatic N) is 1. The molecule has 3 unspecified atom stereocenters. The number of ether oxygens (including phenoxy) is 1. The van der Waals surface area contributed by atoms with Crippen molar-refractivity contribution in [3.05, 3.63) is 29.8 Å². The first-order valence-electron chi connectivity index (χ1n) is 7.47. The maximum Gasteiger partial charge on any atom is 0.119 e. The zero-order valence-electron chi connectivity index (χ0n) is 13.1. The maximum absolute atomic E-state index is 11.4. The highest BCUT2D eigenvalue weighted by atomic mass is 16.5. The fraction of sp³-hybridized carbons (Fsp3) is 0.647. The van der Waals surface area contributed by atoms with Gasteiger partial charge in [0.2, 0.25) is 0 Å². The van der Waals surface area contributed by atoms with Crippen LogP contribution in [0.5, 0.6) is 5.75 Å². The normalized spacial score (nSPS) is 30.5. The van der Waals surface area contributed by atoms with Crippen LogP contribution >= 0.6 is 0 Å². The Morgan fingerprint density at radius 3 is 2.75 bits per heavy atom. The fourth-order valence-corrected chi connectivity index (χ4v) is 3.45. The molecule has 0 aliphatic heterocycles. The summed E-state index contributed by atoms with van der Waals surface area (Å²) in [5.41, 5.74) is 0.256. The molecule has 3 nitrogen and oxygen atoms in total. The Kier molecular flexibility index (Phi) is 4.71. The molecular weight excluding hydrogens is 250 g/mol. The lowest BCUT2D eigenvalue weighted by Crippen LogP contribution is -2.45. The van der Waals surface area contributed by atoms with Gasteiger partial charge >= 0.3 is 0 Å². The van der Waals surface area contributed by atoms with E-state index in [0.29, 0.717) is 5.92 Å². The molecule has 0 heterocycles. The van der Waals surface area contributed by atoms with Crippen LogP contribution in [0.25, 0.3) is 0 Å². The Balaban J connectivity index is 2.34. The summed E-state index contributed by atoms with van der Waals surface area (Å²) in [4.78, 5) is 2.17. The Labute approximate surface area is 122 Å². The van der Waals surface area contributed by atoms with Crippen molar-refractivity contribution in [2.45, 2.75) is 31.8 Å². The minimum absolute atomic E-state index is 0.279. The summed E-state index contributed by atoms with van der Waals surface area (Å²) in [5, 5.41) is 11.4. The van der Waals surface area contributed by atoms with Crippen LogP contribution < -0.4 is 4.74 Å². The second-order valence-corrected chi connectivity index (χ2v) is 6.50. The Morgan fingerprint density at radius 2 is 2.10 bits per heavy atom. The van der Waals surface area contributed by atoms with E-state index in [1.165, 1.54) is 6.42 Å². The van der Waals surface area contributed by atoms with Crippen molar-refractivity contribution in [1.82, 2.24) is 4.90 Å².